The van der Waals surface area contributed by atoms with Gasteiger partial charge < -0.3 is 14.2 Å². The molecule has 132 valence electrons. The van der Waals surface area contributed by atoms with E-state index in [1.54, 1.807) is 6.20 Å². The Hall–Kier alpha value is -2.45. The molecule has 2 fully saturated rings. The highest BCUT2D eigenvalue weighted by atomic mass is 16.5. The van der Waals surface area contributed by atoms with Crippen molar-refractivity contribution >= 4 is 23.3 Å². The second-order valence-corrected chi connectivity index (χ2v) is 6.62. The zero-order valence-electron chi connectivity index (χ0n) is 14.2. The maximum atomic E-state index is 12.4. The van der Waals surface area contributed by atoms with Crippen molar-refractivity contribution in [3.8, 4) is 0 Å². The Morgan fingerprint density at radius 3 is 2.72 bits per heavy atom. The number of aromatic nitrogens is 2. The summed E-state index contributed by atoms with van der Waals surface area (Å²) >= 11 is 0. The first-order valence-electron chi connectivity index (χ1n) is 8.27. The minimum Gasteiger partial charge on any atom is -0.384 e. The number of carbonyl (C=O) groups is 2. The van der Waals surface area contributed by atoms with E-state index in [9.17, 15) is 14.7 Å². The molecule has 1 unspecified atom stereocenters. The van der Waals surface area contributed by atoms with Gasteiger partial charge in [0.2, 0.25) is 5.91 Å². The molecule has 0 spiro atoms. The number of imidazole rings is 1. The second-order valence-electron chi connectivity index (χ2n) is 6.62. The van der Waals surface area contributed by atoms with Crippen LogP contribution >= 0.6 is 0 Å². The fourth-order valence-electron chi connectivity index (χ4n) is 3.15. The van der Waals surface area contributed by atoms with E-state index in [1.165, 1.54) is 19.1 Å². The van der Waals surface area contributed by atoms with E-state index < -0.39 is 6.10 Å². The number of anilines is 1. The third kappa shape index (κ3) is 2.67. The molecule has 1 saturated heterocycles. The molecule has 3 amide bonds. The Morgan fingerprint density at radius 1 is 1.36 bits per heavy atom. The molecule has 25 heavy (non-hydrogen) atoms. The standard InChI is InChI=1S/C17H20N4O4/c1-19-15(23)8-21(17(19)24)13-5-11(10-3-4-10)6-20-7-12(18-16(13)20)14(22)9-25-2/h5-7,10,14,22H,3-4,8-9H2,1-2H3. The van der Waals surface area contributed by atoms with Crippen molar-refractivity contribution in [2.75, 3.05) is 32.2 Å². The number of aliphatic hydroxyl groups excluding tert-OH is 1. The number of methoxy groups -OCH3 is 1. The van der Waals surface area contributed by atoms with E-state index in [-0.39, 0.29) is 25.1 Å². The molecule has 8 heteroatoms. The molecular formula is C17H20N4O4. The van der Waals surface area contributed by atoms with Gasteiger partial charge in [0.25, 0.3) is 0 Å². The number of aliphatic hydroxyl groups is 1. The molecule has 1 saturated carbocycles. The summed E-state index contributed by atoms with van der Waals surface area (Å²) in [5.74, 6) is 0.232. The van der Waals surface area contributed by atoms with E-state index >= 15 is 0 Å². The number of amides is 3. The summed E-state index contributed by atoms with van der Waals surface area (Å²) in [7, 11) is 2.99. The highest BCUT2D eigenvalue weighted by Crippen LogP contribution is 2.42. The van der Waals surface area contributed by atoms with Gasteiger partial charge in [0, 0.05) is 26.6 Å². The molecule has 3 heterocycles. The Kier molecular flexibility index (Phi) is 3.73. The number of nitrogens with zero attached hydrogens (tertiary/aromatic N) is 4. The van der Waals surface area contributed by atoms with Crippen LogP contribution in [-0.4, -0.2) is 58.6 Å². The van der Waals surface area contributed by atoms with Gasteiger partial charge in [-0.25, -0.2) is 9.78 Å². The number of ether oxygens (including phenoxy) is 1. The molecular weight excluding hydrogens is 324 g/mol. The smallest absolute Gasteiger partial charge is 0.331 e. The van der Waals surface area contributed by atoms with Gasteiger partial charge in [0.05, 0.1) is 18.0 Å². The van der Waals surface area contributed by atoms with E-state index in [1.807, 2.05) is 16.7 Å². The number of urea groups is 1. The molecule has 2 aromatic rings. The lowest BCUT2D eigenvalue weighted by atomic mass is 10.1. The summed E-state index contributed by atoms with van der Waals surface area (Å²) in [6.07, 6.45) is 5.12. The van der Waals surface area contributed by atoms with Crippen LogP contribution in [0.15, 0.2) is 18.5 Å². The second kappa shape index (κ2) is 5.82. The molecule has 1 N–H and O–H groups in total. The van der Waals surface area contributed by atoms with E-state index in [0.717, 1.165) is 23.3 Å². The molecule has 2 aliphatic rings. The van der Waals surface area contributed by atoms with Crippen LogP contribution in [0.25, 0.3) is 5.65 Å². The summed E-state index contributed by atoms with van der Waals surface area (Å²) in [6.45, 7) is 0.139. The average molecular weight is 344 g/mol. The van der Waals surface area contributed by atoms with E-state index in [2.05, 4.69) is 4.98 Å². The number of hydrogen-bond donors (Lipinski definition) is 1. The van der Waals surface area contributed by atoms with Gasteiger partial charge in [0.1, 0.15) is 12.6 Å². The predicted molar refractivity (Wildman–Crippen MR) is 89.5 cm³/mol. The lowest BCUT2D eigenvalue weighted by molar-refractivity contribution is -0.123. The summed E-state index contributed by atoms with van der Waals surface area (Å²) in [6, 6.07) is 1.58. The van der Waals surface area contributed by atoms with Gasteiger partial charge in [-0.15, -0.1) is 0 Å². The third-order valence-corrected chi connectivity index (χ3v) is 4.76. The SMILES string of the molecule is COCC(O)c1cn2cc(C3CC3)cc(N3CC(=O)N(C)C3=O)c2n1. The summed E-state index contributed by atoms with van der Waals surface area (Å²) in [4.78, 5) is 31.4. The van der Waals surface area contributed by atoms with E-state index in [0.29, 0.717) is 22.9 Å². The van der Waals surface area contributed by atoms with Crippen molar-refractivity contribution in [3.63, 3.8) is 0 Å². The topological polar surface area (TPSA) is 87.4 Å². The van der Waals surface area contributed by atoms with Crippen LogP contribution in [0.1, 0.15) is 36.1 Å². The fraction of sp³-hybridized carbons (Fsp3) is 0.471. The highest BCUT2D eigenvalue weighted by Gasteiger charge is 2.36. The first kappa shape index (κ1) is 16.0. The average Bonchev–Trinajstić information content (AvgIpc) is 3.30. The summed E-state index contributed by atoms with van der Waals surface area (Å²) < 4.78 is 6.81. The first-order valence-corrected chi connectivity index (χ1v) is 8.27. The normalized spacial score (nSPS) is 19.3. The predicted octanol–water partition coefficient (Wildman–Crippen LogP) is 1.29. The molecule has 1 atom stereocenters. The van der Waals surface area contributed by atoms with Crippen molar-refractivity contribution in [3.05, 3.63) is 29.7 Å². The number of rotatable bonds is 5. The largest absolute Gasteiger partial charge is 0.384 e. The summed E-state index contributed by atoms with van der Waals surface area (Å²) in [5, 5.41) is 10.2. The van der Waals surface area contributed by atoms with Crippen LogP contribution < -0.4 is 4.90 Å². The minimum atomic E-state index is -0.847. The third-order valence-electron chi connectivity index (χ3n) is 4.76. The molecule has 0 aromatic carbocycles. The number of imide groups is 1. The number of hydrogen-bond acceptors (Lipinski definition) is 5. The van der Waals surface area contributed by atoms with Crippen LogP contribution in [0.2, 0.25) is 0 Å². The molecule has 0 bridgehead atoms. The van der Waals surface area contributed by atoms with Crippen LogP contribution in [-0.2, 0) is 9.53 Å². The van der Waals surface area contributed by atoms with Crippen LogP contribution in [0.3, 0.4) is 0 Å². The van der Waals surface area contributed by atoms with Crippen molar-refractivity contribution in [1.29, 1.82) is 0 Å². The van der Waals surface area contributed by atoms with Crippen LogP contribution in [0.5, 0.6) is 0 Å². The quantitative estimate of drug-likeness (QED) is 0.826. The number of fused-ring (bicyclic) bond motifs is 1. The van der Waals surface area contributed by atoms with Crippen molar-refractivity contribution in [1.82, 2.24) is 14.3 Å². The van der Waals surface area contributed by atoms with Crippen LogP contribution in [0.4, 0.5) is 10.5 Å². The lowest BCUT2D eigenvalue weighted by Gasteiger charge is -2.17. The Bertz CT molecular complexity index is 858. The number of likely N-dealkylation sites (N-methyl/N-ethyl adjacent to an activating group) is 1. The van der Waals surface area contributed by atoms with Crippen LogP contribution in [0, 0.1) is 0 Å². The Labute approximate surface area is 144 Å². The minimum absolute atomic E-state index is 0.00192. The van der Waals surface area contributed by atoms with E-state index in [4.69, 9.17) is 4.74 Å². The molecule has 1 aliphatic carbocycles. The van der Waals surface area contributed by atoms with Gasteiger partial charge in [-0.05, 0) is 30.4 Å². The monoisotopic (exact) mass is 344 g/mol. The zero-order valence-corrected chi connectivity index (χ0v) is 14.2. The maximum Gasteiger partial charge on any atom is 0.331 e. The molecule has 2 aromatic heterocycles. The van der Waals surface area contributed by atoms with Gasteiger partial charge >= 0.3 is 6.03 Å². The van der Waals surface area contributed by atoms with Gasteiger partial charge in [0.15, 0.2) is 5.65 Å². The summed E-state index contributed by atoms with van der Waals surface area (Å²) in [5.41, 5.74) is 2.74. The Balaban J connectivity index is 1.83. The molecule has 0 radical (unpaired) electrons. The van der Waals surface area contributed by atoms with Gasteiger partial charge in [-0.2, -0.15) is 0 Å². The molecule has 1 aliphatic heterocycles. The molecule has 4 rings (SSSR count). The lowest BCUT2D eigenvalue weighted by Crippen LogP contribution is -2.30. The fourth-order valence-corrected chi connectivity index (χ4v) is 3.15. The number of pyridine rings is 1. The first-order chi connectivity index (χ1) is 12.0. The molecule has 8 nitrogen and oxygen atoms in total. The van der Waals surface area contributed by atoms with Crippen molar-refractivity contribution in [2.24, 2.45) is 0 Å². The number of carbonyl (C=O) groups excluding carboxylic acids is 2. The van der Waals surface area contributed by atoms with Crippen molar-refractivity contribution < 1.29 is 19.4 Å². The highest BCUT2D eigenvalue weighted by molar-refractivity contribution is 6.13. The van der Waals surface area contributed by atoms with Gasteiger partial charge in [-0.1, -0.05) is 0 Å². The maximum absolute atomic E-state index is 12.4. The van der Waals surface area contributed by atoms with Gasteiger partial charge in [-0.3, -0.25) is 14.6 Å². The van der Waals surface area contributed by atoms with Crippen molar-refractivity contribution in [2.45, 2.75) is 24.9 Å². The Morgan fingerprint density at radius 2 is 2.12 bits per heavy atom. The zero-order chi connectivity index (χ0) is 17.7.